The number of carbonyl (C=O) groups is 1. The summed E-state index contributed by atoms with van der Waals surface area (Å²) >= 11 is -2.29. The number of hydrogen-bond donors (Lipinski definition) is 0. The molecule has 1 heterocycles. The minimum absolute atomic E-state index is 0.0881. The molecule has 1 aliphatic heterocycles. The zero-order chi connectivity index (χ0) is 18.8. The Labute approximate surface area is 164 Å². The SMILES string of the molecule is CCC[CH2][Sn](/[CH]=C\C1CC(=O)Oc2ccccc21)([CH2]CCC)[CH2]CCC. The van der Waals surface area contributed by atoms with Gasteiger partial charge in [-0.15, -0.1) is 0 Å². The summed E-state index contributed by atoms with van der Waals surface area (Å²) in [5.41, 5.74) is 1.19. The van der Waals surface area contributed by atoms with E-state index in [2.05, 4.69) is 43.1 Å². The molecular formula is C23H36O2Sn. The van der Waals surface area contributed by atoms with Gasteiger partial charge in [0.25, 0.3) is 0 Å². The summed E-state index contributed by atoms with van der Waals surface area (Å²) in [6, 6.07) is 8.05. The Morgan fingerprint density at radius 3 is 2.15 bits per heavy atom. The maximum absolute atomic E-state index is 12.0. The van der Waals surface area contributed by atoms with Gasteiger partial charge in [-0.25, -0.2) is 0 Å². The Morgan fingerprint density at radius 2 is 1.58 bits per heavy atom. The average Bonchev–Trinajstić information content (AvgIpc) is 2.66. The van der Waals surface area contributed by atoms with E-state index in [1.54, 1.807) is 0 Å². The number of hydrogen-bond acceptors (Lipinski definition) is 2. The van der Waals surface area contributed by atoms with Crippen molar-refractivity contribution in [2.75, 3.05) is 0 Å². The predicted molar refractivity (Wildman–Crippen MR) is 113 cm³/mol. The van der Waals surface area contributed by atoms with E-state index < -0.39 is 18.4 Å². The van der Waals surface area contributed by atoms with Crippen molar-refractivity contribution >= 4 is 24.3 Å². The molecule has 26 heavy (non-hydrogen) atoms. The molecule has 0 radical (unpaired) electrons. The van der Waals surface area contributed by atoms with E-state index in [-0.39, 0.29) is 11.9 Å². The van der Waals surface area contributed by atoms with Gasteiger partial charge in [0.2, 0.25) is 0 Å². The Hall–Kier alpha value is -0.771. The second-order valence-corrected chi connectivity index (χ2v) is 20.9. The molecule has 1 aromatic rings. The van der Waals surface area contributed by atoms with Crippen molar-refractivity contribution < 1.29 is 9.53 Å². The van der Waals surface area contributed by atoms with Crippen LogP contribution in [0.25, 0.3) is 0 Å². The Kier molecular flexibility index (Phi) is 9.24. The number of benzene rings is 1. The van der Waals surface area contributed by atoms with Gasteiger partial charge in [0.15, 0.2) is 0 Å². The summed E-state index contributed by atoms with van der Waals surface area (Å²) in [5.74, 6) is 0.873. The third kappa shape index (κ3) is 6.14. The van der Waals surface area contributed by atoms with Crippen molar-refractivity contribution in [2.45, 2.75) is 84.9 Å². The van der Waals surface area contributed by atoms with Crippen LogP contribution >= 0.6 is 0 Å². The van der Waals surface area contributed by atoms with Crippen LogP contribution in [0, 0.1) is 0 Å². The number of rotatable bonds is 11. The summed E-state index contributed by atoms with van der Waals surface area (Å²) in [6.45, 7) is 6.94. The van der Waals surface area contributed by atoms with Gasteiger partial charge in [-0.1, -0.05) is 0 Å². The molecule has 0 saturated carbocycles. The van der Waals surface area contributed by atoms with E-state index >= 15 is 0 Å². The molecule has 1 aliphatic rings. The second-order valence-electron chi connectivity index (χ2n) is 7.85. The van der Waals surface area contributed by atoms with Crippen LogP contribution in [0.4, 0.5) is 0 Å². The standard InChI is InChI=1S/C11H9O2.3C4H9.Sn/c1-2-8-7-11(12)13-10-6-4-3-5-9(8)10;3*1-3-4-2;/h1-6,8H,7H2;3*1,3-4H2,2H3;. The van der Waals surface area contributed by atoms with Crippen LogP contribution in [0.1, 0.15) is 77.2 Å². The molecule has 0 N–H and O–H groups in total. The summed E-state index contributed by atoms with van der Waals surface area (Å²) in [6.07, 6.45) is 10.9. The fraction of sp³-hybridized carbons (Fsp3) is 0.609. The van der Waals surface area contributed by atoms with E-state index in [0.29, 0.717) is 6.42 Å². The Morgan fingerprint density at radius 1 is 1.00 bits per heavy atom. The zero-order valence-electron chi connectivity index (χ0n) is 16.9. The van der Waals surface area contributed by atoms with Gasteiger partial charge in [-0.3, -0.25) is 0 Å². The normalized spacial score (nSPS) is 17.3. The first-order valence-electron chi connectivity index (χ1n) is 10.6. The van der Waals surface area contributed by atoms with Crippen LogP contribution in [-0.2, 0) is 4.79 Å². The molecule has 0 aromatic heterocycles. The van der Waals surface area contributed by atoms with Crippen LogP contribution in [0.5, 0.6) is 5.75 Å². The average molecular weight is 463 g/mol. The molecule has 0 fully saturated rings. The van der Waals surface area contributed by atoms with Crippen molar-refractivity contribution in [3.8, 4) is 5.75 Å². The molecule has 1 atom stereocenters. The molecular weight excluding hydrogens is 427 g/mol. The van der Waals surface area contributed by atoms with Gasteiger partial charge >= 0.3 is 165 Å². The first-order valence-corrected chi connectivity index (χ1v) is 18.3. The summed E-state index contributed by atoms with van der Waals surface area (Å²) in [4.78, 5) is 12.0. The monoisotopic (exact) mass is 464 g/mol. The van der Waals surface area contributed by atoms with E-state index in [4.69, 9.17) is 4.74 Å². The van der Waals surface area contributed by atoms with Crippen molar-refractivity contribution in [2.24, 2.45) is 0 Å². The third-order valence-corrected chi connectivity index (χ3v) is 19.8. The van der Waals surface area contributed by atoms with E-state index in [9.17, 15) is 4.79 Å². The fourth-order valence-corrected chi connectivity index (χ4v) is 18.5. The number of carbonyl (C=O) groups excluding carboxylic acids is 1. The predicted octanol–water partition coefficient (Wildman–Crippen LogP) is 7.02. The second kappa shape index (κ2) is 11.2. The zero-order valence-corrected chi connectivity index (χ0v) is 19.8. The number of fused-ring (bicyclic) bond motifs is 1. The van der Waals surface area contributed by atoms with E-state index in [0.717, 1.165) is 5.75 Å². The maximum atomic E-state index is 12.0. The van der Waals surface area contributed by atoms with Gasteiger partial charge in [0.1, 0.15) is 0 Å². The molecule has 0 saturated heterocycles. The number of allylic oxidation sites excluding steroid dienone is 1. The molecule has 144 valence electrons. The Bertz CT molecular complexity index is 572. The van der Waals surface area contributed by atoms with Gasteiger partial charge in [0, 0.05) is 0 Å². The van der Waals surface area contributed by atoms with Crippen molar-refractivity contribution in [1.29, 1.82) is 0 Å². The summed E-state index contributed by atoms with van der Waals surface area (Å²) < 4.78 is 12.5. The number of para-hydroxylation sites is 1. The third-order valence-electron chi connectivity index (χ3n) is 5.70. The van der Waals surface area contributed by atoms with Crippen molar-refractivity contribution in [3.05, 3.63) is 40.0 Å². The molecule has 2 nitrogen and oxygen atoms in total. The fourth-order valence-electron chi connectivity index (χ4n) is 4.04. The first kappa shape index (κ1) is 21.5. The van der Waals surface area contributed by atoms with Gasteiger partial charge in [-0.2, -0.15) is 0 Å². The van der Waals surface area contributed by atoms with Gasteiger partial charge < -0.3 is 0 Å². The quantitative estimate of drug-likeness (QED) is 0.200. The van der Waals surface area contributed by atoms with Crippen LogP contribution in [-0.4, -0.2) is 24.3 Å². The van der Waals surface area contributed by atoms with E-state index in [1.807, 2.05) is 12.1 Å². The van der Waals surface area contributed by atoms with Crippen LogP contribution in [0.2, 0.25) is 13.3 Å². The summed E-state index contributed by atoms with van der Waals surface area (Å²) in [7, 11) is 0. The molecule has 0 aliphatic carbocycles. The van der Waals surface area contributed by atoms with Gasteiger partial charge in [-0.05, 0) is 0 Å². The molecule has 3 heteroatoms. The molecule has 2 rings (SSSR count). The number of unbranched alkanes of at least 4 members (excludes halogenated alkanes) is 3. The minimum atomic E-state index is -2.29. The van der Waals surface area contributed by atoms with E-state index in [1.165, 1.54) is 57.4 Å². The molecule has 1 unspecified atom stereocenters. The number of esters is 1. The number of ether oxygens (including phenoxy) is 1. The molecule has 0 bridgehead atoms. The first-order chi connectivity index (χ1) is 12.6. The van der Waals surface area contributed by atoms with Crippen LogP contribution in [0.3, 0.4) is 0 Å². The topological polar surface area (TPSA) is 26.3 Å². The van der Waals surface area contributed by atoms with Crippen LogP contribution < -0.4 is 4.74 Å². The van der Waals surface area contributed by atoms with Crippen LogP contribution in [0.15, 0.2) is 34.4 Å². The van der Waals surface area contributed by atoms with Crippen molar-refractivity contribution in [3.63, 3.8) is 0 Å². The van der Waals surface area contributed by atoms with Crippen molar-refractivity contribution in [1.82, 2.24) is 0 Å². The van der Waals surface area contributed by atoms with Gasteiger partial charge in [0.05, 0.1) is 0 Å². The molecule has 1 aromatic carbocycles. The Balaban J connectivity index is 2.25. The molecule has 0 spiro atoms. The molecule has 0 amide bonds. The summed E-state index contributed by atoms with van der Waals surface area (Å²) in [5, 5.41) is 0.